The smallest absolute Gasteiger partial charge is 0.252 e. The number of nitrogens with zero attached hydrogens (tertiary/aromatic N) is 2. The van der Waals surface area contributed by atoms with Gasteiger partial charge in [0.05, 0.1) is 12.5 Å². The second-order valence-electron chi connectivity index (χ2n) is 22.8. The average Bonchev–Trinajstić information content (AvgIpc) is 3.98. The summed E-state index contributed by atoms with van der Waals surface area (Å²) in [6, 6.07) is 61.5. The number of furan rings is 2. The van der Waals surface area contributed by atoms with Crippen LogP contribution in [-0.2, 0) is 16.2 Å². The van der Waals surface area contributed by atoms with Crippen LogP contribution in [0.1, 0.15) is 84.6 Å². The fourth-order valence-corrected chi connectivity index (χ4v) is 11.1. The maximum atomic E-state index is 6.27. The van der Waals surface area contributed by atoms with E-state index >= 15 is 0 Å². The zero-order chi connectivity index (χ0) is 48.4. The summed E-state index contributed by atoms with van der Waals surface area (Å²) in [6.45, 7) is 22.9. The normalized spacial score (nSPS) is 13.5. The molecule has 12 rings (SSSR count). The van der Waals surface area contributed by atoms with E-state index in [9.17, 15) is 0 Å². The average molecular weight is 911 g/mol. The summed E-state index contributed by atoms with van der Waals surface area (Å²) in [7, 11) is 0. The third-order valence-corrected chi connectivity index (χ3v) is 14.9. The Balaban J connectivity index is 1.17. The van der Waals surface area contributed by atoms with Crippen LogP contribution < -0.4 is 26.2 Å². The molecule has 0 radical (unpaired) electrons. The van der Waals surface area contributed by atoms with Crippen LogP contribution in [0.4, 0.5) is 34.1 Å². The Hall–Kier alpha value is -7.50. The minimum absolute atomic E-state index is 0.0319. The quantitative estimate of drug-likeness (QED) is 0.161. The molecule has 0 atom stereocenters. The summed E-state index contributed by atoms with van der Waals surface area (Å²) < 4.78 is 12.5. The van der Waals surface area contributed by atoms with Gasteiger partial charge in [0.25, 0.3) is 6.71 Å². The van der Waals surface area contributed by atoms with Crippen LogP contribution in [0.25, 0.3) is 55.3 Å². The highest BCUT2D eigenvalue weighted by atomic mass is 16.3. The molecule has 344 valence electrons. The van der Waals surface area contributed by atoms with Crippen molar-refractivity contribution < 1.29 is 8.83 Å². The lowest BCUT2D eigenvalue weighted by Crippen LogP contribution is -2.61. The highest BCUT2D eigenvalue weighted by molar-refractivity contribution is 7.00. The summed E-state index contributed by atoms with van der Waals surface area (Å²) in [6.07, 6.45) is 3.84. The highest BCUT2D eigenvalue weighted by Gasteiger charge is 2.44. The van der Waals surface area contributed by atoms with Crippen molar-refractivity contribution in [3.8, 4) is 33.4 Å². The van der Waals surface area contributed by atoms with Crippen molar-refractivity contribution in [3.05, 3.63) is 199 Å². The lowest BCUT2D eigenvalue weighted by Gasteiger charge is -2.45. The Morgan fingerprint density at radius 3 is 1.44 bits per heavy atom. The van der Waals surface area contributed by atoms with Gasteiger partial charge in [-0.05, 0) is 151 Å². The van der Waals surface area contributed by atoms with Crippen molar-refractivity contribution >= 4 is 79.2 Å². The van der Waals surface area contributed by atoms with E-state index in [4.69, 9.17) is 8.83 Å². The molecule has 8 aromatic carbocycles. The van der Waals surface area contributed by atoms with Crippen LogP contribution in [0.15, 0.2) is 185 Å². The Morgan fingerprint density at radius 2 is 0.886 bits per heavy atom. The highest BCUT2D eigenvalue weighted by Crippen LogP contribution is 2.48. The number of rotatable bonds is 5. The topological polar surface area (TPSA) is 32.8 Å². The summed E-state index contributed by atoms with van der Waals surface area (Å²) >= 11 is 0. The van der Waals surface area contributed by atoms with E-state index in [1.807, 2.05) is 36.8 Å². The Morgan fingerprint density at radius 1 is 0.386 bits per heavy atom. The van der Waals surface area contributed by atoms with E-state index in [1.54, 1.807) is 0 Å². The van der Waals surface area contributed by atoms with Gasteiger partial charge in [-0.1, -0.05) is 159 Å². The molecule has 2 aliphatic heterocycles. The summed E-state index contributed by atoms with van der Waals surface area (Å²) in [4.78, 5) is 5.09. The van der Waals surface area contributed by atoms with Gasteiger partial charge in [-0.25, -0.2) is 0 Å². The first kappa shape index (κ1) is 43.8. The van der Waals surface area contributed by atoms with Gasteiger partial charge < -0.3 is 18.6 Å². The molecule has 0 N–H and O–H groups in total. The van der Waals surface area contributed by atoms with Gasteiger partial charge in [0, 0.05) is 56.0 Å². The standard InChI is InChI=1S/C65H59BN2O2/c1-40-31-58-62-59(32-40)68(49-34-43(52-38-69-60-17-13-11-15-50(52)60)33-44(35-49)53-39-70-61-18-14-12-16-51(53)61)57-36-42(41-19-22-45(23-20-41)63(2,3)4)21-29-54(57)66(62)55-37-47(65(8,9)10)26-30-56(55)67(58)48-27-24-46(25-28-48)64(5,6)7/h11-39H,1-10H3. The number of benzene rings is 8. The molecule has 0 saturated carbocycles. The molecule has 4 heterocycles. The molecular weight excluding hydrogens is 852 g/mol. The van der Waals surface area contributed by atoms with Crippen LogP contribution in [0.3, 0.4) is 0 Å². The number of hydrogen-bond donors (Lipinski definition) is 0. The Bertz CT molecular complexity index is 3590. The molecule has 70 heavy (non-hydrogen) atoms. The van der Waals surface area contributed by atoms with E-state index in [0.29, 0.717) is 0 Å². The largest absolute Gasteiger partial charge is 0.464 e. The van der Waals surface area contributed by atoms with Gasteiger partial charge in [0.2, 0.25) is 0 Å². The van der Waals surface area contributed by atoms with Gasteiger partial charge in [-0.2, -0.15) is 0 Å². The maximum Gasteiger partial charge on any atom is 0.252 e. The van der Waals surface area contributed by atoms with Crippen molar-refractivity contribution in [2.24, 2.45) is 0 Å². The van der Waals surface area contributed by atoms with Crippen molar-refractivity contribution in [2.45, 2.75) is 85.5 Å². The fraction of sp³-hybridized carbons (Fsp3) is 0.200. The molecule has 0 saturated heterocycles. The second-order valence-corrected chi connectivity index (χ2v) is 22.8. The zero-order valence-corrected chi connectivity index (χ0v) is 42.0. The summed E-state index contributed by atoms with van der Waals surface area (Å²) in [5.41, 5.74) is 24.4. The van der Waals surface area contributed by atoms with Gasteiger partial charge >= 0.3 is 0 Å². The summed E-state index contributed by atoms with van der Waals surface area (Å²) in [5.74, 6) is 0. The zero-order valence-electron chi connectivity index (χ0n) is 42.0. The van der Waals surface area contributed by atoms with Crippen molar-refractivity contribution in [1.82, 2.24) is 0 Å². The first-order valence-corrected chi connectivity index (χ1v) is 24.8. The maximum absolute atomic E-state index is 6.27. The number of anilines is 6. The number of fused-ring (bicyclic) bond motifs is 6. The van der Waals surface area contributed by atoms with E-state index < -0.39 is 0 Å². The van der Waals surface area contributed by atoms with Gasteiger partial charge in [-0.3, -0.25) is 0 Å². The van der Waals surface area contributed by atoms with Gasteiger partial charge in [0.1, 0.15) is 11.2 Å². The van der Waals surface area contributed by atoms with Crippen LogP contribution >= 0.6 is 0 Å². The molecule has 0 bridgehead atoms. The van der Waals surface area contributed by atoms with Crippen LogP contribution in [-0.4, -0.2) is 6.71 Å². The predicted octanol–water partition coefficient (Wildman–Crippen LogP) is 16.5. The van der Waals surface area contributed by atoms with Crippen LogP contribution in [0.5, 0.6) is 0 Å². The molecule has 0 fully saturated rings. The van der Waals surface area contributed by atoms with Crippen molar-refractivity contribution in [2.75, 3.05) is 9.80 Å². The van der Waals surface area contributed by atoms with Crippen molar-refractivity contribution in [3.63, 3.8) is 0 Å². The molecule has 10 aromatic rings. The molecule has 0 amide bonds. The molecule has 5 heteroatoms. The van der Waals surface area contributed by atoms with E-state index in [0.717, 1.165) is 55.6 Å². The van der Waals surface area contributed by atoms with Crippen LogP contribution in [0.2, 0.25) is 0 Å². The number of aryl methyl sites for hydroxylation is 1. The lowest BCUT2D eigenvalue weighted by atomic mass is 9.33. The van der Waals surface area contributed by atoms with Gasteiger partial charge in [-0.15, -0.1) is 0 Å². The third kappa shape index (κ3) is 7.20. The fourth-order valence-electron chi connectivity index (χ4n) is 11.1. The molecule has 0 aliphatic carbocycles. The first-order chi connectivity index (χ1) is 33.5. The molecule has 0 unspecified atom stereocenters. The van der Waals surface area contributed by atoms with E-state index in [-0.39, 0.29) is 23.0 Å². The third-order valence-electron chi connectivity index (χ3n) is 14.9. The van der Waals surface area contributed by atoms with E-state index in [2.05, 4.69) is 219 Å². The van der Waals surface area contributed by atoms with Crippen LogP contribution in [0, 0.1) is 6.92 Å². The first-order valence-electron chi connectivity index (χ1n) is 24.8. The minimum Gasteiger partial charge on any atom is -0.464 e. The monoisotopic (exact) mass is 910 g/mol. The Labute approximate surface area is 413 Å². The van der Waals surface area contributed by atoms with Crippen molar-refractivity contribution in [1.29, 1.82) is 0 Å². The van der Waals surface area contributed by atoms with E-state index in [1.165, 1.54) is 72.5 Å². The number of para-hydroxylation sites is 2. The minimum atomic E-state index is -0.0530. The summed E-state index contributed by atoms with van der Waals surface area (Å²) in [5, 5.41) is 2.16. The predicted molar refractivity (Wildman–Crippen MR) is 297 cm³/mol. The molecule has 0 spiro atoms. The molecular formula is C65H59BN2O2. The molecule has 2 aliphatic rings. The number of hydrogen-bond acceptors (Lipinski definition) is 4. The van der Waals surface area contributed by atoms with Gasteiger partial charge in [0.15, 0.2) is 0 Å². The SMILES string of the molecule is Cc1cc2c3c(c1)N(c1cc(-c4coc5ccccc45)cc(-c4coc5ccccc45)c1)c1cc(-c4ccc(C(C)(C)C)cc4)ccc1B3c1cc(C(C)(C)C)ccc1N2c1ccc(C(C)(C)C)cc1. The molecule has 2 aromatic heterocycles. The second kappa shape index (κ2) is 15.8. The lowest BCUT2D eigenvalue weighted by molar-refractivity contribution is 0.590. The Kier molecular flexibility index (Phi) is 9.86. The molecule has 4 nitrogen and oxygen atoms in total.